The fourth-order valence-corrected chi connectivity index (χ4v) is 4.24. The molecule has 1 N–H and O–H groups in total. The van der Waals surface area contributed by atoms with Crippen molar-refractivity contribution in [2.45, 2.75) is 18.3 Å². The number of carbonyl (C=O) groups is 1. The summed E-state index contributed by atoms with van der Waals surface area (Å²) in [6, 6.07) is 19.3. The van der Waals surface area contributed by atoms with Crippen molar-refractivity contribution in [1.29, 1.82) is 0 Å². The second-order valence-corrected chi connectivity index (χ2v) is 8.14. The topological polar surface area (TPSA) is 90.6 Å². The molecule has 1 aliphatic rings. The first-order valence-electron chi connectivity index (χ1n) is 11.2. The van der Waals surface area contributed by atoms with Gasteiger partial charge < -0.3 is 14.8 Å². The highest BCUT2D eigenvalue weighted by Gasteiger charge is 2.41. The van der Waals surface area contributed by atoms with Gasteiger partial charge in [0.05, 0.1) is 12.0 Å². The summed E-state index contributed by atoms with van der Waals surface area (Å²) in [5, 5.41) is 15.7. The first-order valence-corrected chi connectivity index (χ1v) is 11.2. The molecule has 34 heavy (non-hydrogen) atoms. The van der Waals surface area contributed by atoms with Gasteiger partial charge in [0.1, 0.15) is 12.4 Å². The van der Waals surface area contributed by atoms with E-state index < -0.39 is 5.41 Å². The molecule has 2 aromatic heterocycles. The van der Waals surface area contributed by atoms with E-state index in [2.05, 4.69) is 20.6 Å². The van der Waals surface area contributed by atoms with E-state index in [0.717, 1.165) is 5.56 Å². The minimum atomic E-state index is -0.594. The van der Waals surface area contributed by atoms with Crippen LogP contribution in [0.2, 0.25) is 0 Å². The van der Waals surface area contributed by atoms with Crippen LogP contribution in [0.3, 0.4) is 0 Å². The number of carbonyl (C=O) groups excluding carboxylic acids is 1. The van der Waals surface area contributed by atoms with E-state index in [1.54, 1.807) is 28.8 Å². The van der Waals surface area contributed by atoms with Gasteiger partial charge in [-0.25, -0.2) is 4.39 Å². The molecule has 1 aliphatic heterocycles. The van der Waals surface area contributed by atoms with Crippen molar-refractivity contribution in [3.8, 4) is 17.3 Å². The van der Waals surface area contributed by atoms with Crippen LogP contribution in [0.15, 0.2) is 66.7 Å². The number of hydrogen-bond donors (Lipinski definition) is 1. The Morgan fingerprint density at radius 3 is 2.56 bits per heavy atom. The summed E-state index contributed by atoms with van der Waals surface area (Å²) in [6.45, 7) is 1.69. The van der Waals surface area contributed by atoms with Gasteiger partial charge in [-0.15, -0.1) is 15.3 Å². The van der Waals surface area contributed by atoms with Gasteiger partial charge in [0, 0.05) is 24.8 Å². The Kier molecular flexibility index (Phi) is 6.18. The molecule has 0 spiro atoms. The van der Waals surface area contributed by atoms with E-state index in [4.69, 9.17) is 9.47 Å². The Bertz CT molecular complexity index is 1270. The van der Waals surface area contributed by atoms with E-state index in [0.29, 0.717) is 55.5 Å². The smallest absolute Gasteiger partial charge is 0.231 e. The molecule has 8 nitrogen and oxygen atoms in total. The first kappa shape index (κ1) is 22.0. The van der Waals surface area contributed by atoms with Crippen LogP contribution in [0.4, 0.5) is 4.39 Å². The molecule has 1 amide bonds. The lowest BCUT2D eigenvalue weighted by atomic mass is 9.73. The third kappa shape index (κ3) is 4.34. The van der Waals surface area contributed by atoms with Crippen LogP contribution in [-0.4, -0.2) is 52.1 Å². The molecule has 4 aromatic rings. The fraction of sp³-hybridized carbons (Fsp3) is 0.280. The predicted molar refractivity (Wildman–Crippen MR) is 123 cm³/mol. The Labute approximate surface area is 195 Å². The van der Waals surface area contributed by atoms with Gasteiger partial charge in [-0.05, 0) is 48.7 Å². The number of nitrogens with zero attached hydrogens (tertiary/aromatic N) is 4. The maximum atomic E-state index is 13.3. The van der Waals surface area contributed by atoms with Crippen LogP contribution >= 0.6 is 0 Å². The van der Waals surface area contributed by atoms with Gasteiger partial charge in [0.15, 0.2) is 11.5 Å². The third-order valence-corrected chi connectivity index (χ3v) is 6.09. The number of fused-ring (bicyclic) bond motifs is 1. The number of aromatic nitrogens is 4. The van der Waals surface area contributed by atoms with E-state index >= 15 is 0 Å². The lowest BCUT2D eigenvalue weighted by molar-refractivity contribution is -0.130. The van der Waals surface area contributed by atoms with Crippen LogP contribution in [0.5, 0.6) is 5.88 Å². The van der Waals surface area contributed by atoms with Crippen LogP contribution < -0.4 is 10.1 Å². The molecule has 0 unspecified atom stereocenters. The summed E-state index contributed by atoms with van der Waals surface area (Å²) in [4.78, 5) is 13.2. The highest BCUT2D eigenvalue weighted by molar-refractivity contribution is 5.88. The minimum absolute atomic E-state index is 0.0218. The number of nitrogens with one attached hydrogen (secondary N) is 1. The molecule has 0 aliphatic carbocycles. The molecular formula is C25H24FN5O3. The van der Waals surface area contributed by atoms with Crippen molar-refractivity contribution in [2.24, 2.45) is 0 Å². The molecule has 0 saturated carbocycles. The Morgan fingerprint density at radius 2 is 1.79 bits per heavy atom. The molecule has 2 aromatic carbocycles. The largest absolute Gasteiger partial charge is 0.475 e. The van der Waals surface area contributed by atoms with Crippen molar-refractivity contribution in [1.82, 2.24) is 25.1 Å². The molecule has 5 rings (SSSR count). The standard InChI is InChI=1S/C25H24FN5O3/c26-20-8-6-18(7-9-20)23-29-28-21-10-11-22(30-31(21)23)34-17-14-27-24(32)25(12-15-33-16-13-25)19-4-2-1-3-5-19/h1-11H,12-17H2,(H,27,32). The fourth-order valence-electron chi connectivity index (χ4n) is 4.24. The molecular weight excluding hydrogens is 437 g/mol. The van der Waals surface area contributed by atoms with E-state index in [9.17, 15) is 9.18 Å². The monoisotopic (exact) mass is 461 g/mol. The molecule has 0 atom stereocenters. The summed E-state index contributed by atoms with van der Waals surface area (Å²) >= 11 is 0. The molecule has 9 heteroatoms. The Morgan fingerprint density at radius 1 is 1.03 bits per heavy atom. The van der Waals surface area contributed by atoms with Gasteiger partial charge >= 0.3 is 0 Å². The lowest BCUT2D eigenvalue weighted by Gasteiger charge is -2.36. The quantitative estimate of drug-likeness (QED) is 0.425. The molecule has 0 bridgehead atoms. The summed E-state index contributed by atoms with van der Waals surface area (Å²) in [6.07, 6.45) is 1.28. The zero-order valence-electron chi connectivity index (χ0n) is 18.5. The van der Waals surface area contributed by atoms with E-state index in [1.807, 2.05) is 30.3 Å². The van der Waals surface area contributed by atoms with Crippen LogP contribution in [0.1, 0.15) is 18.4 Å². The Hall–Kier alpha value is -3.85. The highest BCUT2D eigenvalue weighted by atomic mass is 19.1. The molecule has 3 heterocycles. The maximum Gasteiger partial charge on any atom is 0.231 e. The van der Waals surface area contributed by atoms with E-state index in [-0.39, 0.29) is 18.3 Å². The van der Waals surface area contributed by atoms with Crippen molar-refractivity contribution < 1.29 is 18.7 Å². The van der Waals surface area contributed by atoms with Crippen LogP contribution in [0, 0.1) is 5.82 Å². The van der Waals surface area contributed by atoms with Crippen molar-refractivity contribution in [3.63, 3.8) is 0 Å². The van der Waals surface area contributed by atoms with Crippen molar-refractivity contribution >= 4 is 11.6 Å². The van der Waals surface area contributed by atoms with Gasteiger partial charge in [-0.1, -0.05) is 30.3 Å². The zero-order chi connectivity index (χ0) is 23.4. The van der Waals surface area contributed by atoms with Crippen LogP contribution in [-0.2, 0) is 14.9 Å². The second-order valence-electron chi connectivity index (χ2n) is 8.14. The Balaban J connectivity index is 1.24. The first-order chi connectivity index (χ1) is 16.7. The summed E-state index contributed by atoms with van der Waals surface area (Å²) in [5.41, 5.74) is 1.64. The van der Waals surface area contributed by atoms with Gasteiger partial charge in [-0.3, -0.25) is 4.79 Å². The average molecular weight is 461 g/mol. The third-order valence-electron chi connectivity index (χ3n) is 6.09. The number of ether oxygens (including phenoxy) is 2. The molecule has 174 valence electrons. The number of hydrogen-bond acceptors (Lipinski definition) is 6. The number of halogens is 1. The van der Waals surface area contributed by atoms with Crippen molar-refractivity contribution in [3.05, 3.63) is 78.1 Å². The molecule has 1 saturated heterocycles. The average Bonchev–Trinajstić information content (AvgIpc) is 3.31. The van der Waals surface area contributed by atoms with Crippen molar-refractivity contribution in [2.75, 3.05) is 26.4 Å². The van der Waals surface area contributed by atoms with Gasteiger partial charge in [0.25, 0.3) is 0 Å². The minimum Gasteiger partial charge on any atom is -0.475 e. The van der Waals surface area contributed by atoms with Crippen LogP contribution in [0.25, 0.3) is 17.0 Å². The zero-order valence-corrected chi connectivity index (χ0v) is 18.5. The highest BCUT2D eigenvalue weighted by Crippen LogP contribution is 2.35. The second kappa shape index (κ2) is 9.56. The summed E-state index contributed by atoms with van der Waals surface area (Å²) in [5.74, 6) is 0.504. The molecule has 1 fully saturated rings. The number of benzene rings is 2. The van der Waals surface area contributed by atoms with Gasteiger partial charge in [-0.2, -0.15) is 4.52 Å². The summed E-state index contributed by atoms with van der Waals surface area (Å²) < 4.78 is 26.1. The number of rotatable bonds is 7. The normalized spacial score (nSPS) is 15.2. The lowest BCUT2D eigenvalue weighted by Crippen LogP contribution is -2.48. The van der Waals surface area contributed by atoms with Gasteiger partial charge in [0.2, 0.25) is 11.8 Å². The SMILES string of the molecule is O=C(NCCOc1ccc2nnc(-c3ccc(F)cc3)n2n1)C1(c2ccccc2)CCOCC1. The van der Waals surface area contributed by atoms with E-state index in [1.165, 1.54) is 12.1 Å². The predicted octanol–water partition coefficient (Wildman–Crippen LogP) is 3.17. The summed E-state index contributed by atoms with van der Waals surface area (Å²) in [7, 11) is 0. The maximum absolute atomic E-state index is 13.3. The molecule has 0 radical (unpaired) electrons. The number of amides is 1.